The van der Waals surface area contributed by atoms with Gasteiger partial charge >= 0.3 is 6.09 Å². The van der Waals surface area contributed by atoms with Crippen molar-refractivity contribution in [1.82, 2.24) is 5.32 Å². The van der Waals surface area contributed by atoms with Gasteiger partial charge in [-0.15, -0.1) is 0 Å². The van der Waals surface area contributed by atoms with E-state index in [0.29, 0.717) is 6.54 Å². The van der Waals surface area contributed by atoms with Crippen molar-refractivity contribution in [1.29, 1.82) is 4.78 Å². The van der Waals surface area contributed by atoms with Crippen LogP contribution in [0.1, 0.15) is 11.1 Å². The third kappa shape index (κ3) is 5.41. The molecule has 1 atom stereocenters. The molecule has 0 aliphatic rings. The van der Waals surface area contributed by atoms with E-state index in [1.54, 1.807) is 0 Å². The zero-order chi connectivity index (χ0) is 16.7. The highest BCUT2D eigenvalue weighted by Gasteiger charge is 2.05. The minimum atomic E-state index is -0.578. The molecule has 0 aliphatic carbocycles. The summed E-state index contributed by atoms with van der Waals surface area (Å²) in [5.74, 6) is 0. The highest BCUT2D eigenvalue weighted by atomic mass is 32.2. The zero-order valence-electron chi connectivity index (χ0n) is 13.3. The predicted octanol–water partition coefficient (Wildman–Crippen LogP) is 3.52. The first kappa shape index (κ1) is 17.0. The van der Waals surface area contributed by atoms with E-state index < -0.39 is 16.8 Å². The van der Waals surface area contributed by atoms with Gasteiger partial charge in [-0.3, -0.25) is 4.78 Å². The van der Waals surface area contributed by atoms with Crippen molar-refractivity contribution < 1.29 is 9.53 Å². The van der Waals surface area contributed by atoms with E-state index in [9.17, 15) is 4.79 Å². The lowest BCUT2D eigenvalue weighted by Crippen LogP contribution is -2.23. The van der Waals surface area contributed by atoms with Crippen LogP contribution < -0.4 is 10.6 Å². The van der Waals surface area contributed by atoms with E-state index in [1.165, 1.54) is 0 Å². The van der Waals surface area contributed by atoms with Crippen LogP contribution in [0.2, 0.25) is 0 Å². The Bertz CT molecular complexity index is 689. The maximum atomic E-state index is 11.8. The second-order valence-electron chi connectivity index (χ2n) is 5.04. The molecule has 1 amide bonds. The van der Waals surface area contributed by atoms with Crippen LogP contribution in [-0.4, -0.2) is 19.4 Å². The average Bonchev–Trinajstić information content (AvgIpc) is 2.58. The summed E-state index contributed by atoms with van der Waals surface area (Å²) < 4.78 is 13.0. The molecule has 0 fully saturated rings. The predicted molar refractivity (Wildman–Crippen MR) is 93.7 cm³/mol. The van der Waals surface area contributed by atoms with E-state index in [0.717, 1.165) is 21.7 Å². The third-order valence-electron chi connectivity index (χ3n) is 3.26. The fraction of sp³-hybridized carbons (Fsp3) is 0.235. The molecule has 1 unspecified atom stereocenters. The Morgan fingerprint density at radius 2 is 1.91 bits per heavy atom. The SMILES string of the molecule is CNc1cc(CNC(=O)OCc2ccccc2)cc(S(C)=N)c1. The van der Waals surface area contributed by atoms with Crippen molar-refractivity contribution >= 4 is 22.5 Å². The smallest absolute Gasteiger partial charge is 0.407 e. The summed E-state index contributed by atoms with van der Waals surface area (Å²) in [6.45, 7) is 0.618. The molecular weight excluding hydrogens is 310 g/mol. The fourth-order valence-electron chi connectivity index (χ4n) is 2.03. The van der Waals surface area contributed by atoms with Gasteiger partial charge in [-0.05, 0) is 35.6 Å². The Morgan fingerprint density at radius 1 is 1.17 bits per heavy atom. The molecule has 0 saturated carbocycles. The molecule has 0 spiro atoms. The molecule has 6 heteroatoms. The number of ether oxygens (including phenoxy) is 1. The largest absolute Gasteiger partial charge is 0.445 e. The zero-order valence-corrected chi connectivity index (χ0v) is 14.1. The lowest BCUT2D eigenvalue weighted by atomic mass is 10.2. The molecule has 2 aromatic rings. The van der Waals surface area contributed by atoms with Gasteiger partial charge in [-0.25, -0.2) is 4.79 Å². The Labute approximate surface area is 139 Å². The van der Waals surface area contributed by atoms with Gasteiger partial charge < -0.3 is 15.4 Å². The lowest BCUT2D eigenvalue weighted by Gasteiger charge is -2.11. The maximum absolute atomic E-state index is 11.8. The van der Waals surface area contributed by atoms with Crippen molar-refractivity contribution in [2.24, 2.45) is 0 Å². The van der Waals surface area contributed by atoms with Crippen molar-refractivity contribution in [3.63, 3.8) is 0 Å². The molecule has 2 aromatic carbocycles. The summed E-state index contributed by atoms with van der Waals surface area (Å²) in [5, 5.41) is 5.81. The van der Waals surface area contributed by atoms with Crippen LogP contribution in [0, 0.1) is 4.78 Å². The molecule has 0 radical (unpaired) electrons. The summed E-state index contributed by atoms with van der Waals surface area (Å²) in [5.41, 5.74) is 2.82. The number of hydrogen-bond donors (Lipinski definition) is 3. The summed E-state index contributed by atoms with van der Waals surface area (Å²) in [6.07, 6.45) is 1.40. The molecule has 3 N–H and O–H groups in total. The molecule has 0 heterocycles. The van der Waals surface area contributed by atoms with Crippen LogP contribution in [0.5, 0.6) is 0 Å². The molecule has 122 valence electrons. The molecule has 0 saturated heterocycles. The van der Waals surface area contributed by atoms with E-state index >= 15 is 0 Å². The molecule has 0 aliphatic heterocycles. The maximum Gasteiger partial charge on any atom is 0.407 e. The monoisotopic (exact) mass is 331 g/mol. The number of nitrogens with one attached hydrogen (secondary N) is 3. The van der Waals surface area contributed by atoms with E-state index in [-0.39, 0.29) is 6.61 Å². The molecule has 0 bridgehead atoms. The van der Waals surface area contributed by atoms with Gasteiger partial charge in [0.1, 0.15) is 6.61 Å². The Balaban J connectivity index is 1.91. The van der Waals surface area contributed by atoms with Gasteiger partial charge in [-0.1, -0.05) is 41.0 Å². The highest BCUT2D eigenvalue weighted by Crippen LogP contribution is 2.17. The summed E-state index contributed by atoms with van der Waals surface area (Å²) in [4.78, 5) is 12.7. The van der Waals surface area contributed by atoms with Crippen molar-refractivity contribution in [3.05, 3.63) is 59.7 Å². The number of carbonyl (C=O) groups excluding carboxylic acids is 1. The van der Waals surface area contributed by atoms with Crippen LogP contribution in [0.3, 0.4) is 0 Å². The van der Waals surface area contributed by atoms with E-state index in [1.807, 2.05) is 61.8 Å². The Morgan fingerprint density at radius 3 is 2.57 bits per heavy atom. The number of hydrogen-bond acceptors (Lipinski definition) is 4. The summed E-state index contributed by atoms with van der Waals surface area (Å²) in [6, 6.07) is 15.4. The number of anilines is 1. The minimum absolute atomic E-state index is 0.250. The fourth-order valence-corrected chi connectivity index (χ4v) is 2.66. The standard InChI is InChI=1S/C17H21N3O2S/c1-19-15-8-14(9-16(10-15)23(2)18)11-20-17(21)22-12-13-6-4-3-5-7-13/h3-10,18-19H,11-12H2,1-2H3,(H,20,21). The number of rotatable bonds is 6. The third-order valence-corrected chi connectivity index (χ3v) is 4.20. The quantitative estimate of drug-likeness (QED) is 0.758. The Kier molecular flexibility index (Phi) is 6.17. The molecule has 5 nitrogen and oxygen atoms in total. The van der Waals surface area contributed by atoms with Crippen LogP contribution in [-0.2, 0) is 28.6 Å². The first-order valence-corrected chi connectivity index (χ1v) is 8.85. The first-order valence-electron chi connectivity index (χ1n) is 7.22. The lowest BCUT2D eigenvalue weighted by molar-refractivity contribution is 0.139. The number of alkyl carbamates (subject to hydrolysis) is 1. The van der Waals surface area contributed by atoms with Gasteiger partial charge in [0.2, 0.25) is 0 Å². The van der Waals surface area contributed by atoms with Gasteiger partial charge in [0.25, 0.3) is 0 Å². The second-order valence-corrected chi connectivity index (χ2v) is 6.53. The molecular formula is C17H21N3O2S. The van der Waals surface area contributed by atoms with Gasteiger partial charge in [0.15, 0.2) is 0 Å². The second kappa shape index (κ2) is 8.33. The molecule has 0 aromatic heterocycles. The van der Waals surface area contributed by atoms with Crippen LogP contribution >= 0.6 is 0 Å². The average molecular weight is 331 g/mol. The Hall–Kier alpha value is -2.34. The van der Waals surface area contributed by atoms with Crippen LogP contribution in [0.15, 0.2) is 53.4 Å². The van der Waals surface area contributed by atoms with Crippen LogP contribution in [0.4, 0.5) is 10.5 Å². The summed E-state index contributed by atoms with van der Waals surface area (Å²) >= 11 is 0. The minimum Gasteiger partial charge on any atom is -0.445 e. The van der Waals surface area contributed by atoms with Crippen molar-refractivity contribution in [2.45, 2.75) is 18.0 Å². The van der Waals surface area contributed by atoms with Gasteiger partial charge in [-0.2, -0.15) is 0 Å². The first-order chi connectivity index (χ1) is 11.1. The van der Waals surface area contributed by atoms with Crippen molar-refractivity contribution in [3.8, 4) is 0 Å². The van der Waals surface area contributed by atoms with Crippen molar-refractivity contribution in [2.75, 3.05) is 18.6 Å². The number of benzene rings is 2. The van der Waals surface area contributed by atoms with E-state index in [4.69, 9.17) is 9.52 Å². The molecule has 2 rings (SSSR count). The summed E-state index contributed by atoms with van der Waals surface area (Å²) in [7, 11) is 1.26. The normalized spacial score (nSPS) is 11.6. The van der Waals surface area contributed by atoms with Gasteiger partial charge in [0.05, 0.1) is 0 Å². The van der Waals surface area contributed by atoms with Crippen LogP contribution in [0.25, 0.3) is 0 Å². The molecule has 23 heavy (non-hydrogen) atoms. The van der Waals surface area contributed by atoms with E-state index in [2.05, 4.69) is 10.6 Å². The highest BCUT2D eigenvalue weighted by molar-refractivity contribution is 7.85. The van der Waals surface area contributed by atoms with Gasteiger partial charge in [0, 0.05) is 24.2 Å². The topological polar surface area (TPSA) is 74.2 Å². The number of amides is 1. The number of carbonyl (C=O) groups is 1.